The maximum atomic E-state index is 13.2. The molecule has 1 spiro atoms. The fraction of sp³-hybridized carbons (Fsp3) is 0.500. The normalized spacial score (nSPS) is 26.2. The number of ether oxygens (including phenoxy) is 1. The van der Waals surface area contributed by atoms with Gasteiger partial charge in [-0.05, 0) is 67.2 Å². The van der Waals surface area contributed by atoms with Gasteiger partial charge in [0.15, 0.2) is 0 Å². The van der Waals surface area contributed by atoms with E-state index in [1.54, 1.807) is 22.8 Å². The lowest BCUT2D eigenvalue weighted by Crippen LogP contribution is -2.42. The van der Waals surface area contributed by atoms with Crippen molar-refractivity contribution in [1.82, 2.24) is 30.4 Å². The minimum Gasteiger partial charge on any atom is -0.456 e. The number of carbonyl (C=O) groups is 2. The van der Waals surface area contributed by atoms with Crippen molar-refractivity contribution in [2.75, 3.05) is 13.2 Å². The largest absolute Gasteiger partial charge is 0.456 e. The van der Waals surface area contributed by atoms with Crippen LogP contribution in [0.3, 0.4) is 0 Å². The molecule has 3 heterocycles. The third-order valence-electron chi connectivity index (χ3n) is 7.01. The lowest BCUT2D eigenvalue weighted by Gasteiger charge is -2.36. The molecular formula is C22H26N6O3. The Kier molecular flexibility index (Phi) is 5.05. The van der Waals surface area contributed by atoms with E-state index in [0.29, 0.717) is 18.2 Å². The summed E-state index contributed by atoms with van der Waals surface area (Å²) in [7, 11) is 0. The van der Waals surface area contributed by atoms with Gasteiger partial charge >= 0.3 is 5.97 Å². The topological polar surface area (TPSA) is 102 Å². The van der Waals surface area contributed by atoms with Crippen LogP contribution in [0.25, 0.3) is 5.69 Å². The second-order valence-corrected chi connectivity index (χ2v) is 8.71. The van der Waals surface area contributed by atoms with Crippen LogP contribution < -0.4 is 5.32 Å². The number of aromatic nitrogens is 4. The maximum absolute atomic E-state index is 13.2. The predicted octanol–water partition coefficient (Wildman–Crippen LogP) is 1.74. The van der Waals surface area contributed by atoms with Gasteiger partial charge < -0.3 is 15.0 Å². The third kappa shape index (κ3) is 3.63. The van der Waals surface area contributed by atoms with E-state index in [1.807, 2.05) is 12.1 Å². The summed E-state index contributed by atoms with van der Waals surface area (Å²) in [5, 5.41) is 14.9. The van der Waals surface area contributed by atoms with E-state index in [0.717, 1.165) is 50.0 Å². The summed E-state index contributed by atoms with van der Waals surface area (Å²) in [6, 6.07) is 8.57. The molecule has 2 aliphatic heterocycles. The van der Waals surface area contributed by atoms with Crippen LogP contribution in [0.1, 0.15) is 44.6 Å². The molecular weight excluding hydrogens is 396 g/mol. The lowest BCUT2D eigenvalue weighted by molar-refractivity contribution is -0.138. The van der Waals surface area contributed by atoms with E-state index < -0.39 is 0 Å². The molecule has 1 saturated heterocycles. The van der Waals surface area contributed by atoms with Gasteiger partial charge in [-0.1, -0.05) is 12.1 Å². The number of hydrogen-bond acceptors (Lipinski definition) is 7. The minimum atomic E-state index is -0.303. The highest BCUT2D eigenvalue weighted by atomic mass is 16.5. The van der Waals surface area contributed by atoms with Gasteiger partial charge in [0.05, 0.1) is 22.4 Å². The minimum absolute atomic E-state index is 0.178. The number of likely N-dealkylation sites (tertiary alicyclic amines) is 1. The van der Waals surface area contributed by atoms with Crippen LogP contribution in [0.4, 0.5) is 0 Å². The Morgan fingerprint density at radius 1 is 1.16 bits per heavy atom. The molecule has 0 radical (unpaired) electrons. The maximum Gasteiger partial charge on any atom is 0.336 e. The van der Waals surface area contributed by atoms with Gasteiger partial charge in [-0.2, -0.15) is 0 Å². The Morgan fingerprint density at radius 2 is 1.94 bits per heavy atom. The highest BCUT2D eigenvalue weighted by Gasteiger charge is 2.50. The van der Waals surface area contributed by atoms with Crippen molar-refractivity contribution in [2.45, 2.75) is 51.6 Å². The number of cyclic esters (lactones) is 1. The molecule has 0 atom stereocenters. The fourth-order valence-electron chi connectivity index (χ4n) is 4.97. The van der Waals surface area contributed by atoms with Crippen LogP contribution in [0, 0.1) is 5.41 Å². The van der Waals surface area contributed by atoms with Crippen molar-refractivity contribution in [2.24, 2.45) is 5.41 Å². The zero-order valence-electron chi connectivity index (χ0n) is 17.6. The Balaban J connectivity index is 1.15. The number of esters is 1. The number of benzene rings is 1. The monoisotopic (exact) mass is 422 g/mol. The number of tetrazole rings is 1. The van der Waals surface area contributed by atoms with Gasteiger partial charge in [0.1, 0.15) is 12.9 Å². The lowest BCUT2D eigenvalue weighted by atomic mass is 9.71. The summed E-state index contributed by atoms with van der Waals surface area (Å²) in [5.74, 6) is -0.126. The second-order valence-electron chi connectivity index (χ2n) is 8.71. The van der Waals surface area contributed by atoms with Crippen LogP contribution in [0.15, 0.2) is 41.9 Å². The molecule has 1 aliphatic carbocycles. The van der Waals surface area contributed by atoms with Gasteiger partial charge in [0.25, 0.3) is 0 Å². The first-order chi connectivity index (χ1) is 15.1. The number of nitrogens with zero attached hydrogens (tertiary/aromatic N) is 5. The third-order valence-corrected chi connectivity index (χ3v) is 7.01. The van der Waals surface area contributed by atoms with E-state index in [4.69, 9.17) is 4.74 Å². The molecule has 0 bridgehead atoms. The average molecular weight is 422 g/mol. The van der Waals surface area contributed by atoms with E-state index in [1.165, 1.54) is 5.56 Å². The first kappa shape index (κ1) is 19.9. The van der Waals surface area contributed by atoms with Crippen molar-refractivity contribution in [3.05, 3.63) is 47.4 Å². The Hall–Kier alpha value is -3.07. The molecule has 2 fully saturated rings. The van der Waals surface area contributed by atoms with Gasteiger partial charge in [-0.25, -0.2) is 9.48 Å². The van der Waals surface area contributed by atoms with E-state index in [-0.39, 0.29) is 23.9 Å². The molecule has 31 heavy (non-hydrogen) atoms. The molecule has 5 rings (SSSR count). The summed E-state index contributed by atoms with van der Waals surface area (Å²) in [6.45, 7) is 3.45. The molecule has 162 valence electrons. The van der Waals surface area contributed by atoms with Crippen molar-refractivity contribution < 1.29 is 14.3 Å². The van der Waals surface area contributed by atoms with Gasteiger partial charge in [0.2, 0.25) is 5.91 Å². The molecule has 2 aromatic rings. The molecule has 1 aromatic carbocycles. The molecule has 1 aromatic heterocycles. The number of nitrogens with one attached hydrogen (secondary N) is 1. The summed E-state index contributed by atoms with van der Waals surface area (Å²) < 4.78 is 6.74. The summed E-state index contributed by atoms with van der Waals surface area (Å²) in [6.07, 6.45) is 6.18. The Labute approximate surface area is 180 Å². The molecule has 9 nitrogen and oxygen atoms in total. The standard InChI is InChI=1S/C22H26N6O3/c1-15-19(13-31-20(15)29)27-11-10-22(21(27)30)8-6-17(7-9-22)23-12-16-2-4-18(5-3-16)28-14-24-25-26-28/h2-5,14,17,23H,6-13H2,1H3/t17-,22+. The van der Waals surface area contributed by atoms with E-state index in [9.17, 15) is 9.59 Å². The second kappa shape index (κ2) is 7.88. The van der Waals surface area contributed by atoms with Crippen molar-refractivity contribution >= 4 is 11.9 Å². The number of hydrogen-bond donors (Lipinski definition) is 1. The van der Waals surface area contributed by atoms with Gasteiger partial charge in [0, 0.05) is 19.1 Å². The number of rotatable bonds is 5. The zero-order chi connectivity index (χ0) is 21.4. The van der Waals surface area contributed by atoms with E-state index >= 15 is 0 Å². The van der Waals surface area contributed by atoms with Crippen molar-refractivity contribution in [3.63, 3.8) is 0 Å². The summed E-state index contributed by atoms with van der Waals surface area (Å²) in [4.78, 5) is 26.7. The Morgan fingerprint density at radius 3 is 2.58 bits per heavy atom. The molecule has 9 heteroatoms. The molecule has 0 unspecified atom stereocenters. The predicted molar refractivity (Wildman–Crippen MR) is 111 cm³/mol. The summed E-state index contributed by atoms with van der Waals surface area (Å²) in [5.41, 5.74) is 3.19. The first-order valence-electron chi connectivity index (χ1n) is 10.8. The van der Waals surface area contributed by atoms with Crippen LogP contribution in [0.2, 0.25) is 0 Å². The highest BCUT2D eigenvalue weighted by Crippen LogP contribution is 2.46. The number of amides is 1. The molecule has 1 amide bonds. The fourth-order valence-corrected chi connectivity index (χ4v) is 4.97. The van der Waals surface area contributed by atoms with Gasteiger partial charge in [-0.3, -0.25) is 4.79 Å². The molecule has 1 N–H and O–H groups in total. The number of carbonyl (C=O) groups excluding carboxylic acids is 2. The average Bonchev–Trinajstić information content (AvgIpc) is 3.51. The van der Waals surface area contributed by atoms with Crippen LogP contribution in [-0.4, -0.2) is 56.2 Å². The summed E-state index contributed by atoms with van der Waals surface area (Å²) >= 11 is 0. The van der Waals surface area contributed by atoms with E-state index in [2.05, 4.69) is 33.0 Å². The van der Waals surface area contributed by atoms with Crippen molar-refractivity contribution in [1.29, 1.82) is 0 Å². The smallest absolute Gasteiger partial charge is 0.336 e. The Bertz CT molecular complexity index is 1010. The first-order valence-corrected chi connectivity index (χ1v) is 10.8. The van der Waals surface area contributed by atoms with Gasteiger partial charge in [-0.15, -0.1) is 5.10 Å². The van der Waals surface area contributed by atoms with Crippen LogP contribution in [0.5, 0.6) is 0 Å². The zero-order valence-corrected chi connectivity index (χ0v) is 17.6. The molecule has 3 aliphatic rings. The molecule has 1 saturated carbocycles. The van der Waals surface area contributed by atoms with Crippen LogP contribution in [-0.2, 0) is 20.9 Å². The highest BCUT2D eigenvalue weighted by molar-refractivity contribution is 5.94. The quantitative estimate of drug-likeness (QED) is 0.732. The van der Waals surface area contributed by atoms with Crippen LogP contribution >= 0.6 is 0 Å². The SMILES string of the molecule is CC1=C(N2CC[C@]3(CC[C@H](NCc4ccc(-n5cnnn5)cc4)CC3)C2=O)COC1=O. The van der Waals surface area contributed by atoms with Crippen molar-refractivity contribution in [3.8, 4) is 5.69 Å².